The molecule has 0 atom stereocenters. The van der Waals surface area contributed by atoms with Crippen LogP contribution in [0.3, 0.4) is 0 Å². The maximum Gasteiger partial charge on any atom is 0 e. The Bertz CT molecular complexity index is 2500. The monoisotopic (exact) mass is 923 g/mol. The van der Waals surface area contributed by atoms with Crippen LogP contribution in [0.2, 0.25) is 17.3 Å². The normalized spacial score (nSPS) is 13.9. The first-order valence-corrected chi connectivity index (χ1v) is 24.6. The Morgan fingerprint density at radius 2 is 1.71 bits per heavy atom. The Morgan fingerprint density at radius 1 is 0.922 bits per heavy atom. The SMILES string of the molecule is CC(C)c1ccc2c(n1)oc1c(-c3nc4ccnc(C(C)C)c4n3C)[c-]ccc12.[2H]C([2H])([2H])c1c[c-]c(-c2cc(C([2H])([2H])C(C)C)[c]([Ge]([CH3])([CH3])[CH3])cn2)cc1.[Ir]. The maximum atomic E-state index is 8.60. The van der Waals surface area contributed by atoms with Gasteiger partial charge in [0, 0.05) is 44.4 Å². The topological polar surface area (TPSA) is 69.6 Å². The van der Waals surface area contributed by atoms with E-state index in [0.29, 0.717) is 34.4 Å². The number of benzene rings is 2. The van der Waals surface area contributed by atoms with Gasteiger partial charge in [-0.3, -0.25) is 9.97 Å². The van der Waals surface area contributed by atoms with Gasteiger partial charge in [0.1, 0.15) is 0 Å². The molecule has 0 N–H and O–H groups in total. The van der Waals surface area contributed by atoms with E-state index >= 15 is 0 Å². The number of hydrogen-bond acceptors (Lipinski definition) is 5. The molecule has 0 spiro atoms. The van der Waals surface area contributed by atoms with Crippen molar-refractivity contribution in [3.8, 4) is 22.6 Å². The molecule has 6 nitrogen and oxygen atoms in total. The average molecular weight is 922 g/mol. The van der Waals surface area contributed by atoms with Gasteiger partial charge in [-0.1, -0.05) is 38.6 Å². The molecule has 51 heavy (non-hydrogen) atoms. The van der Waals surface area contributed by atoms with Gasteiger partial charge in [-0.2, -0.15) is 0 Å². The Labute approximate surface area is 326 Å². The number of pyridine rings is 3. The molecule has 0 amide bonds. The summed E-state index contributed by atoms with van der Waals surface area (Å²) >= 11 is -2.32. The second kappa shape index (κ2) is 15.5. The first-order chi connectivity index (χ1) is 25.7. The van der Waals surface area contributed by atoms with Crippen LogP contribution in [-0.2, 0) is 33.5 Å². The van der Waals surface area contributed by atoms with Crippen LogP contribution in [0, 0.1) is 24.9 Å². The van der Waals surface area contributed by atoms with E-state index in [-0.39, 0.29) is 31.6 Å². The molecule has 267 valence electrons. The van der Waals surface area contributed by atoms with Crippen molar-refractivity contribution in [1.82, 2.24) is 24.5 Å². The van der Waals surface area contributed by atoms with Crippen LogP contribution in [0.15, 0.2) is 71.4 Å². The van der Waals surface area contributed by atoms with E-state index in [1.165, 1.54) is 6.07 Å². The Kier molecular flexibility index (Phi) is 9.76. The van der Waals surface area contributed by atoms with Crippen LogP contribution in [0.25, 0.3) is 55.7 Å². The second-order valence-corrected chi connectivity index (χ2v) is 25.4. The maximum absolute atomic E-state index is 8.60. The van der Waals surface area contributed by atoms with Crippen molar-refractivity contribution in [2.75, 3.05) is 0 Å². The largest absolute Gasteiger partial charge is 0 e. The fraction of sp³-hybridized carbons (Fsp3) is 0.349. The summed E-state index contributed by atoms with van der Waals surface area (Å²) < 4.78 is 49.0. The van der Waals surface area contributed by atoms with Crippen molar-refractivity contribution in [1.29, 1.82) is 0 Å². The van der Waals surface area contributed by atoms with Crippen LogP contribution in [-0.4, -0.2) is 37.8 Å². The van der Waals surface area contributed by atoms with Crippen molar-refractivity contribution < 1.29 is 31.4 Å². The predicted molar refractivity (Wildman–Crippen MR) is 211 cm³/mol. The Balaban J connectivity index is 0.000000212. The Morgan fingerprint density at radius 3 is 2.35 bits per heavy atom. The van der Waals surface area contributed by atoms with Crippen molar-refractivity contribution >= 4 is 50.8 Å². The van der Waals surface area contributed by atoms with Crippen LogP contribution < -0.4 is 4.40 Å². The summed E-state index contributed by atoms with van der Waals surface area (Å²) in [7, 11) is 2.03. The summed E-state index contributed by atoms with van der Waals surface area (Å²) in [4.78, 5) is 18.8. The van der Waals surface area contributed by atoms with Gasteiger partial charge in [0.2, 0.25) is 5.71 Å². The first-order valence-electron chi connectivity index (χ1n) is 19.8. The molecule has 1 radical (unpaired) electrons. The molecule has 0 fully saturated rings. The number of nitrogens with zero attached hydrogens (tertiary/aromatic N) is 5. The van der Waals surface area contributed by atoms with Crippen molar-refractivity contribution in [3.05, 3.63) is 102 Å². The smallest absolute Gasteiger partial charge is 0 e. The minimum absolute atomic E-state index is 0. The van der Waals surface area contributed by atoms with Crippen molar-refractivity contribution in [3.63, 3.8) is 0 Å². The minimum atomic E-state index is -2.32. The molecular formula is C43H49GeIrN5O-2. The predicted octanol–water partition coefficient (Wildman–Crippen LogP) is 10.6. The summed E-state index contributed by atoms with van der Waals surface area (Å²) in [6.07, 6.45) is 2.19. The van der Waals surface area contributed by atoms with Gasteiger partial charge in [-0.05, 0) is 30.0 Å². The summed E-state index contributed by atoms with van der Waals surface area (Å²) in [5.41, 5.74) is 8.58. The molecule has 0 unspecified atom stereocenters. The van der Waals surface area contributed by atoms with Gasteiger partial charge in [0.25, 0.3) is 0 Å². The van der Waals surface area contributed by atoms with Crippen molar-refractivity contribution in [2.45, 2.75) is 83.9 Å². The average Bonchev–Trinajstić information content (AvgIpc) is 3.67. The molecule has 0 aliphatic rings. The summed E-state index contributed by atoms with van der Waals surface area (Å²) in [6.45, 7) is 10.2. The van der Waals surface area contributed by atoms with Gasteiger partial charge >= 0.3 is 139 Å². The molecular weight excluding hydrogens is 867 g/mol. The number of rotatable bonds is 7. The molecule has 0 saturated carbocycles. The third-order valence-corrected chi connectivity index (χ3v) is 13.0. The van der Waals surface area contributed by atoms with Crippen molar-refractivity contribution in [2.24, 2.45) is 13.0 Å². The molecule has 0 aliphatic carbocycles. The number of fused-ring (bicyclic) bond motifs is 4. The van der Waals surface area contributed by atoms with Gasteiger partial charge in [-0.25, -0.2) is 4.98 Å². The fourth-order valence-electron chi connectivity index (χ4n) is 6.17. The quantitative estimate of drug-likeness (QED) is 0.118. The molecule has 0 aliphatic heterocycles. The molecule has 8 heteroatoms. The number of imidazole rings is 1. The standard InChI is InChI=1S/C24H23N4O.C19H26GeN.Ir/c1-13(2)18-10-9-16-15-7-6-8-17(22(15)29-24(16)27-18)23-26-19-11-12-25-20(14(3)4)21(19)28(23)5;1-14(2)11-17-12-19(16-9-7-15(3)8-10-16)21-13-18(17)20(4,5)6;/h6-7,9-14H,1-5H3;7-9,12-14H,11H2,1-6H3;/q2*-1;/i;3D3,11D2;. The first kappa shape index (κ1) is 32.0. The minimum Gasteiger partial charge on any atom is 0 e. The van der Waals surface area contributed by atoms with E-state index < -0.39 is 26.5 Å². The molecule has 2 aromatic carbocycles. The van der Waals surface area contributed by atoms with E-state index in [4.69, 9.17) is 21.2 Å². The third-order valence-electron chi connectivity index (χ3n) is 8.74. The summed E-state index contributed by atoms with van der Waals surface area (Å²) in [6, 6.07) is 23.0. The van der Waals surface area contributed by atoms with Crippen LogP contribution in [0.4, 0.5) is 0 Å². The number of aryl methyl sites for hydroxylation is 2. The van der Waals surface area contributed by atoms with Crippen LogP contribution in [0.1, 0.15) is 82.7 Å². The molecule has 5 heterocycles. The van der Waals surface area contributed by atoms with Crippen LogP contribution >= 0.6 is 0 Å². The van der Waals surface area contributed by atoms with Gasteiger partial charge in [0.15, 0.2) is 0 Å². The second-order valence-electron chi connectivity index (χ2n) is 14.8. The Hall–Kier alpha value is -3.65. The number of hydrogen-bond donors (Lipinski definition) is 0. The molecule has 7 rings (SSSR count). The summed E-state index contributed by atoms with van der Waals surface area (Å²) in [5, 5.41) is 2.05. The fourth-order valence-corrected chi connectivity index (χ4v) is 9.12. The molecule has 7 aromatic rings. The zero-order valence-electron chi connectivity index (χ0n) is 36.1. The van der Waals surface area contributed by atoms with E-state index in [1.54, 1.807) is 12.1 Å². The van der Waals surface area contributed by atoms with Gasteiger partial charge in [-0.15, -0.1) is 18.2 Å². The van der Waals surface area contributed by atoms with Gasteiger partial charge in [0.05, 0.1) is 28.1 Å². The van der Waals surface area contributed by atoms with Gasteiger partial charge < -0.3 is 8.98 Å². The third kappa shape index (κ3) is 8.06. The number of furan rings is 1. The zero-order valence-corrected chi connectivity index (χ0v) is 35.6. The van der Waals surface area contributed by atoms with E-state index in [1.807, 2.05) is 57.6 Å². The number of aromatic nitrogens is 5. The van der Waals surface area contributed by atoms with E-state index in [9.17, 15) is 0 Å². The molecule has 0 saturated heterocycles. The van der Waals surface area contributed by atoms with Crippen LogP contribution in [0.5, 0.6) is 0 Å². The zero-order chi connectivity index (χ0) is 40.2. The summed E-state index contributed by atoms with van der Waals surface area (Å²) in [5.74, 6) is 8.01. The molecule has 0 bridgehead atoms. The van der Waals surface area contributed by atoms with E-state index in [0.717, 1.165) is 54.6 Å². The van der Waals surface area contributed by atoms with E-state index in [2.05, 4.69) is 83.8 Å². The molecule has 5 aromatic heterocycles.